The molecule has 0 aliphatic carbocycles. The molecule has 20 heavy (non-hydrogen) atoms. The van der Waals surface area contributed by atoms with E-state index in [9.17, 15) is 8.42 Å². The standard InChI is InChI=1S/C12H13BrN4O2S/c1-8-5-10(3-4-15-8)17-20(18,19)11-6-9(13)7-16-12(11)14-2/h3-7H,1-2H3,(H,14,16)(H,15,17). The average Bonchev–Trinajstić information content (AvgIpc) is 2.38. The summed E-state index contributed by atoms with van der Waals surface area (Å²) in [6, 6.07) is 4.74. The molecule has 0 aromatic carbocycles. The molecule has 0 saturated heterocycles. The number of nitrogens with one attached hydrogen (secondary N) is 2. The van der Waals surface area contributed by atoms with Crippen molar-refractivity contribution >= 4 is 37.5 Å². The fourth-order valence-corrected chi connectivity index (χ4v) is 3.35. The van der Waals surface area contributed by atoms with Crippen molar-refractivity contribution < 1.29 is 8.42 Å². The highest BCUT2D eigenvalue weighted by Gasteiger charge is 2.20. The molecule has 0 radical (unpaired) electrons. The van der Waals surface area contributed by atoms with E-state index < -0.39 is 10.0 Å². The molecule has 0 unspecified atom stereocenters. The summed E-state index contributed by atoms with van der Waals surface area (Å²) >= 11 is 3.22. The Bertz CT molecular complexity index is 734. The highest BCUT2D eigenvalue weighted by molar-refractivity contribution is 9.10. The van der Waals surface area contributed by atoms with Crippen LogP contribution in [0.3, 0.4) is 0 Å². The first-order chi connectivity index (χ1) is 9.42. The minimum absolute atomic E-state index is 0.0730. The number of rotatable bonds is 4. The van der Waals surface area contributed by atoms with Gasteiger partial charge in [0.05, 0.1) is 5.69 Å². The second-order valence-electron chi connectivity index (χ2n) is 4.04. The first-order valence-corrected chi connectivity index (χ1v) is 7.99. The molecule has 2 aromatic rings. The summed E-state index contributed by atoms with van der Waals surface area (Å²) < 4.78 is 27.9. The van der Waals surface area contributed by atoms with E-state index in [2.05, 4.69) is 35.9 Å². The molecule has 6 nitrogen and oxygen atoms in total. The molecular weight excluding hydrogens is 344 g/mol. The highest BCUT2D eigenvalue weighted by atomic mass is 79.9. The Hall–Kier alpha value is -1.67. The monoisotopic (exact) mass is 356 g/mol. The normalized spacial score (nSPS) is 11.2. The van der Waals surface area contributed by atoms with Gasteiger partial charge in [-0.2, -0.15) is 0 Å². The third-order valence-electron chi connectivity index (χ3n) is 2.49. The quantitative estimate of drug-likeness (QED) is 0.878. The third-order valence-corrected chi connectivity index (χ3v) is 4.32. The molecule has 2 rings (SSSR count). The number of sulfonamides is 1. The van der Waals surface area contributed by atoms with Gasteiger partial charge in [0.25, 0.3) is 10.0 Å². The lowest BCUT2D eigenvalue weighted by Crippen LogP contribution is -2.15. The minimum Gasteiger partial charge on any atom is -0.372 e. The van der Waals surface area contributed by atoms with Crippen molar-refractivity contribution in [1.29, 1.82) is 0 Å². The predicted molar refractivity (Wildman–Crippen MR) is 81.3 cm³/mol. The molecule has 0 bridgehead atoms. The predicted octanol–water partition coefficient (Wildman–Crippen LogP) is 2.39. The van der Waals surface area contributed by atoms with Crippen LogP contribution in [0, 0.1) is 6.92 Å². The Kier molecular flexibility index (Phi) is 4.24. The molecule has 2 N–H and O–H groups in total. The van der Waals surface area contributed by atoms with Gasteiger partial charge in [-0.05, 0) is 41.1 Å². The Morgan fingerprint density at radius 3 is 2.65 bits per heavy atom. The molecule has 106 valence electrons. The fraction of sp³-hybridized carbons (Fsp3) is 0.167. The Morgan fingerprint density at radius 1 is 1.25 bits per heavy atom. The second kappa shape index (κ2) is 5.76. The zero-order chi connectivity index (χ0) is 14.8. The van der Waals surface area contributed by atoms with Gasteiger partial charge in [0.15, 0.2) is 0 Å². The number of hydrogen-bond donors (Lipinski definition) is 2. The van der Waals surface area contributed by atoms with Crippen molar-refractivity contribution in [2.24, 2.45) is 0 Å². The molecule has 0 amide bonds. The van der Waals surface area contributed by atoms with Crippen LogP contribution in [0.15, 0.2) is 40.0 Å². The van der Waals surface area contributed by atoms with Crippen molar-refractivity contribution in [1.82, 2.24) is 9.97 Å². The summed E-state index contributed by atoms with van der Waals surface area (Å²) in [4.78, 5) is 8.13. The van der Waals surface area contributed by atoms with Crippen molar-refractivity contribution in [2.75, 3.05) is 17.1 Å². The number of pyridine rings is 2. The topological polar surface area (TPSA) is 84.0 Å². The van der Waals surface area contributed by atoms with E-state index in [1.165, 1.54) is 12.3 Å². The SMILES string of the molecule is CNc1ncc(Br)cc1S(=O)(=O)Nc1ccnc(C)c1. The van der Waals surface area contributed by atoms with Crippen LogP contribution in [0.1, 0.15) is 5.69 Å². The second-order valence-corrected chi connectivity index (χ2v) is 6.61. The molecule has 2 heterocycles. The van der Waals surface area contributed by atoms with Crippen LogP contribution >= 0.6 is 15.9 Å². The zero-order valence-corrected chi connectivity index (χ0v) is 13.3. The van der Waals surface area contributed by atoms with Gasteiger partial charge in [0.2, 0.25) is 0 Å². The summed E-state index contributed by atoms with van der Waals surface area (Å²) in [5.41, 5.74) is 1.19. The number of hydrogen-bond acceptors (Lipinski definition) is 5. The molecule has 2 aromatic heterocycles. The van der Waals surface area contributed by atoms with E-state index in [4.69, 9.17) is 0 Å². The maximum atomic E-state index is 12.4. The highest BCUT2D eigenvalue weighted by Crippen LogP contribution is 2.24. The largest absolute Gasteiger partial charge is 0.372 e. The number of anilines is 2. The van der Waals surface area contributed by atoms with E-state index >= 15 is 0 Å². The smallest absolute Gasteiger partial charge is 0.265 e. The van der Waals surface area contributed by atoms with E-state index in [1.807, 2.05) is 0 Å². The summed E-state index contributed by atoms with van der Waals surface area (Å²) in [7, 11) is -2.11. The van der Waals surface area contributed by atoms with Gasteiger partial charge in [0.1, 0.15) is 10.7 Å². The molecule has 0 saturated carbocycles. The van der Waals surface area contributed by atoms with Gasteiger partial charge in [-0.3, -0.25) is 9.71 Å². The van der Waals surface area contributed by atoms with Gasteiger partial charge in [-0.25, -0.2) is 13.4 Å². The van der Waals surface area contributed by atoms with Crippen LogP contribution in [-0.2, 0) is 10.0 Å². The molecule has 0 fully saturated rings. The van der Waals surface area contributed by atoms with Gasteiger partial charge < -0.3 is 5.32 Å². The maximum absolute atomic E-state index is 12.4. The van der Waals surface area contributed by atoms with Gasteiger partial charge in [0, 0.05) is 29.6 Å². The lowest BCUT2D eigenvalue weighted by atomic mass is 10.3. The van der Waals surface area contributed by atoms with E-state index in [0.29, 0.717) is 10.2 Å². The van der Waals surface area contributed by atoms with Crippen molar-refractivity contribution in [3.63, 3.8) is 0 Å². The van der Waals surface area contributed by atoms with Gasteiger partial charge >= 0.3 is 0 Å². The number of nitrogens with zero attached hydrogens (tertiary/aromatic N) is 2. The molecule has 8 heteroatoms. The summed E-state index contributed by atoms with van der Waals surface area (Å²) in [6.45, 7) is 1.79. The molecular formula is C12H13BrN4O2S. The van der Waals surface area contributed by atoms with E-state index in [-0.39, 0.29) is 10.7 Å². The summed E-state index contributed by atoms with van der Waals surface area (Å²) in [5, 5.41) is 2.76. The van der Waals surface area contributed by atoms with Crippen LogP contribution in [0.5, 0.6) is 0 Å². The molecule has 0 aliphatic heterocycles. The Morgan fingerprint density at radius 2 is 2.00 bits per heavy atom. The zero-order valence-electron chi connectivity index (χ0n) is 10.9. The molecule has 0 aliphatic rings. The Balaban J connectivity index is 2.43. The first-order valence-electron chi connectivity index (χ1n) is 5.71. The van der Waals surface area contributed by atoms with Gasteiger partial charge in [-0.1, -0.05) is 0 Å². The van der Waals surface area contributed by atoms with Crippen LogP contribution in [-0.4, -0.2) is 25.4 Å². The van der Waals surface area contributed by atoms with Crippen LogP contribution in [0.25, 0.3) is 0 Å². The van der Waals surface area contributed by atoms with E-state index in [1.54, 1.807) is 32.3 Å². The lowest BCUT2D eigenvalue weighted by molar-refractivity contribution is 0.601. The van der Waals surface area contributed by atoms with Crippen LogP contribution in [0.4, 0.5) is 11.5 Å². The van der Waals surface area contributed by atoms with Gasteiger partial charge in [-0.15, -0.1) is 0 Å². The fourth-order valence-electron chi connectivity index (χ4n) is 1.63. The molecule has 0 spiro atoms. The van der Waals surface area contributed by atoms with E-state index in [0.717, 1.165) is 5.69 Å². The lowest BCUT2D eigenvalue weighted by Gasteiger charge is -2.11. The summed E-state index contributed by atoms with van der Waals surface area (Å²) in [6.07, 6.45) is 3.08. The number of aryl methyl sites for hydroxylation is 1. The number of halogens is 1. The Labute approximate surface area is 125 Å². The summed E-state index contributed by atoms with van der Waals surface area (Å²) in [5.74, 6) is 0.284. The van der Waals surface area contributed by atoms with Crippen LogP contribution < -0.4 is 10.0 Å². The maximum Gasteiger partial charge on any atom is 0.265 e. The molecule has 0 atom stereocenters. The number of aromatic nitrogens is 2. The first kappa shape index (κ1) is 14.7. The van der Waals surface area contributed by atoms with Crippen molar-refractivity contribution in [3.05, 3.63) is 40.8 Å². The van der Waals surface area contributed by atoms with Crippen LogP contribution in [0.2, 0.25) is 0 Å². The minimum atomic E-state index is -3.73. The average molecular weight is 357 g/mol. The third kappa shape index (κ3) is 3.26. The van der Waals surface area contributed by atoms with Crippen molar-refractivity contribution in [3.8, 4) is 0 Å². The van der Waals surface area contributed by atoms with Crippen molar-refractivity contribution in [2.45, 2.75) is 11.8 Å².